The summed E-state index contributed by atoms with van der Waals surface area (Å²) in [7, 11) is 0. The fourth-order valence-electron chi connectivity index (χ4n) is 2.80. The molecule has 2 aromatic heterocycles. The normalized spacial score (nSPS) is 20.9. The van der Waals surface area contributed by atoms with Crippen LogP contribution in [-0.4, -0.2) is 44.4 Å². The van der Waals surface area contributed by atoms with E-state index in [-0.39, 0.29) is 12.1 Å². The highest BCUT2D eigenvalue weighted by atomic mass is 16.4. The van der Waals surface area contributed by atoms with Gasteiger partial charge in [-0.1, -0.05) is 0 Å². The lowest BCUT2D eigenvalue weighted by molar-refractivity contribution is -0.147. The van der Waals surface area contributed by atoms with Crippen molar-refractivity contribution < 1.29 is 14.7 Å². The molecule has 23 heavy (non-hydrogen) atoms. The number of pyridine rings is 1. The van der Waals surface area contributed by atoms with Crippen LogP contribution in [0.2, 0.25) is 0 Å². The molecule has 2 aromatic rings. The molecule has 1 N–H and O–H groups in total. The van der Waals surface area contributed by atoms with Gasteiger partial charge >= 0.3 is 5.97 Å². The maximum absolute atomic E-state index is 12.6. The van der Waals surface area contributed by atoms with Gasteiger partial charge in [0.1, 0.15) is 11.2 Å². The van der Waals surface area contributed by atoms with Crippen LogP contribution in [0.1, 0.15) is 29.3 Å². The van der Waals surface area contributed by atoms with E-state index in [1.807, 2.05) is 6.92 Å². The molecule has 120 valence electrons. The van der Waals surface area contributed by atoms with Crippen molar-refractivity contribution in [1.29, 1.82) is 0 Å². The molecule has 1 aliphatic heterocycles. The Morgan fingerprint density at radius 1 is 1.39 bits per heavy atom. The first-order valence-electron chi connectivity index (χ1n) is 7.32. The van der Waals surface area contributed by atoms with Crippen molar-refractivity contribution in [3.8, 4) is 0 Å². The minimum absolute atomic E-state index is 0.0407. The summed E-state index contributed by atoms with van der Waals surface area (Å²) in [5.41, 5.74) is -0.00577. The molecule has 1 aliphatic rings. The van der Waals surface area contributed by atoms with Gasteiger partial charge in [0.15, 0.2) is 0 Å². The van der Waals surface area contributed by atoms with E-state index in [4.69, 9.17) is 0 Å². The maximum atomic E-state index is 12.6. The summed E-state index contributed by atoms with van der Waals surface area (Å²) >= 11 is 0. The highest BCUT2D eigenvalue weighted by Crippen LogP contribution is 2.30. The standard InChI is InChI=1S/C16H17N3O4/c1-10-3-5-19-12(7-10)17-8-11(14(19)21)13(20)18-6-4-16(2,9-18)15(22)23/h3,5,7-8H,4,6,9H2,1-2H3,(H,22,23)/t16-/m0/s1. The van der Waals surface area contributed by atoms with Crippen LogP contribution in [0, 0.1) is 12.3 Å². The lowest BCUT2D eigenvalue weighted by Gasteiger charge is -2.20. The lowest BCUT2D eigenvalue weighted by Crippen LogP contribution is -2.37. The fourth-order valence-corrected chi connectivity index (χ4v) is 2.80. The van der Waals surface area contributed by atoms with Gasteiger partial charge in [0.25, 0.3) is 11.5 Å². The SMILES string of the molecule is Cc1ccn2c(=O)c(C(=O)N3CC[C@](C)(C(=O)O)C3)cnc2c1. The van der Waals surface area contributed by atoms with Crippen molar-refractivity contribution in [2.45, 2.75) is 20.3 Å². The third kappa shape index (κ3) is 2.48. The van der Waals surface area contributed by atoms with Crippen molar-refractivity contribution in [2.24, 2.45) is 5.41 Å². The second kappa shape index (κ2) is 5.19. The van der Waals surface area contributed by atoms with Crippen LogP contribution in [0.5, 0.6) is 0 Å². The summed E-state index contributed by atoms with van der Waals surface area (Å²) in [6.45, 7) is 3.91. The average Bonchev–Trinajstić information content (AvgIpc) is 2.91. The largest absolute Gasteiger partial charge is 0.481 e. The maximum Gasteiger partial charge on any atom is 0.311 e. The monoisotopic (exact) mass is 315 g/mol. The summed E-state index contributed by atoms with van der Waals surface area (Å²) in [4.78, 5) is 41.9. The highest BCUT2D eigenvalue weighted by Gasteiger charge is 2.42. The zero-order valence-electron chi connectivity index (χ0n) is 12.9. The summed E-state index contributed by atoms with van der Waals surface area (Å²) in [5, 5.41) is 9.25. The number of nitrogens with zero attached hydrogens (tertiary/aromatic N) is 3. The molecule has 0 unspecified atom stereocenters. The summed E-state index contributed by atoms with van der Waals surface area (Å²) in [6.07, 6.45) is 3.23. The van der Waals surface area contributed by atoms with Crippen molar-refractivity contribution in [1.82, 2.24) is 14.3 Å². The van der Waals surface area contributed by atoms with Crippen LogP contribution in [0.25, 0.3) is 5.65 Å². The second-order valence-corrected chi connectivity index (χ2v) is 6.25. The Hall–Kier alpha value is -2.70. The molecule has 0 aromatic carbocycles. The molecule has 1 saturated heterocycles. The van der Waals surface area contributed by atoms with E-state index in [1.54, 1.807) is 25.3 Å². The van der Waals surface area contributed by atoms with E-state index in [0.717, 1.165) is 5.56 Å². The Kier molecular flexibility index (Phi) is 3.43. The van der Waals surface area contributed by atoms with Crippen LogP contribution >= 0.6 is 0 Å². The number of fused-ring (bicyclic) bond motifs is 1. The molecular weight excluding hydrogens is 298 g/mol. The first-order valence-corrected chi connectivity index (χ1v) is 7.32. The minimum Gasteiger partial charge on any atom is -0.481 e. The fraction of sp³-hybridized carbons (Fsp3) is 0.375. The van der Waals surface area contributed by atoms with Crippen molar-refractivity contribution in [3.63, 3.8) is 0 Å². The molecule has 0 saturated carbocycles. The number of hydrogen-bond donors (Lipinski definition) is 1. The average molecular weight is 315 g/mol. The third-order valence-corrected chi connectivity index (χ3v) is 4.37. The Morgan fingerprint density at radius 3 is 2.78 bits per heavy atom. The Labute approximate surface area is 132 Å². The van der Waals surface area contributed by atoms with E-state index < -0.39 is 22.9 Å². The number of rotatable bonds is 2. The van der Waals surface area contributed by atoms with Gasteiger partial charge in [0, 0.05) is 25.5 Å². The molecule has 1 fully saturated rings. The molecule has 3 rings (SSSR count). The van der Waals surface area contributed by atoms with Gasteiger partial charge in [-0.05, 0) is 38.0 Å². The number of carbonyl (C=O) groups is 2. The van der Waals surface area contributed by atoms with E-state index in [0.29, 0.717) is 18.6 Å². The minimum atomic E-state index is -0.965. The summed E-state index contributed by atoms with van der Waals surface area (Å²) < 4.78 is 1.33. The number of likely N-dealkylation sites (tertiary alicyclic amines) is 1. The highest BCUT2D eigenvalue weighted by molar-refractivity contribution is 5.94. The molecule has 0 aliphatic carbocycles. The number of aryl methyl sites for hydroxylation is 1. The van der Waals surface area contributed by atoms with E-state index in [2.05, 4.69) is 4.98 Å². The van der Waals surface area contributed by atoms with Gasteiger partial charge in [-0.3, -0.25) is 18.8 Å². The third-order valence-electron chi connectivity index (χ3n) is 4.37. The first kappa shape index (κ1) is 15.2. The second-order valence-electron chi connectivity index (χ2n) is 6.25. The molecule has 0 spiro atoms. The van der Waals surface area contributed by atoms with Crippen LogP contribution < -0.4 is 5.56 Å². The van der Waals surface area contributed by atoms with Crippen LogP contribution in [0.15, 0.2) is 29.3 Å². The Balaban J connectivity index is 1.96. The molecule has 3 heterocycles. The predicted molar refractivity (Wildman–Crippen MR) is 82.5 cm³/mol. The number of amides is 1. The quantitative estimate of drug-likeness (QED) is 0.890. The summed E-state index contributed by atoms with van der Waals surface area (Å²) in [6, 6.07) is 3.52. The first-order chi connectivity index (χ1) is 10.8. The lowest BCUT2D eigenvalue weighted by atomic mass is 9.90. The number of aromatic nitrogens is 2. The van der Waals surface area contributed by atoms with Crippen LogP contribution in [-0.2, 0) is 4.79 Å². The molecule has 0 bridgehead atoms. The predicted octanol–water partition coefficient (Wildman–Crippen LogP) is 0.940. The number of carboxylic acid groups (broad SMARTS) is 1. The van der Waals surface area contributed by atoms with Gasteiger partial charge in [0.2, 0.25) is 0 Å². The Morgan fingerprint density at radius 2 is 2.13 bits per heavy atom. The number of carbonyl (C=O) groups excluding carboxylic acids is 1. The zero-order valence-corrected chi connectivity index (χ0v) is 12.9. The van der Waals surface area contributed by atoms with Gasteiger partial charge in [-0.25, -0.2) is 4.98 Å². The number of hydrogen-bond acceptors (Lipinski definition) is 4. The van der Waals surface area contributed by atoms with Gasteiger partial charge in [-0.2, -0.15) is 0 Å². The van der Waals surface area contributed by atoms with E-state index in [1.165, 1.54) is 15.5 Å². The Bertz CT molecular complexity index is 873. The molecule has 1 atom stereocenters. The smallest absolute Gasteiger partial charge is 0.311 e. The molecule has 1 amide bonds. The van der Waals surface area contributed by atoms with Crippen molar-refractivity contribution in [2.75, 3.05) is 13.1 Å². The van der Waals surface area contributed by atoms with Crippen molar-refractivity contribution in [3.05, 3.63) is 46.0 Å². The topological polar surface area (TPSA) is 92.0 Å². The van der Waals surface area contributed by atoms with Gasteiger partial charge < -0.3 is 10.0 Å². The molecule has 7 nitrogen and oxygen atoms in total. The molecular formula is C16H17N3O4. The number of aliphatic carboxylic acids is 1. The van der Waals surface area contributed by atoms with E-state index >= 15 is 0 Å². The van der Waals surface area contributed by atoms with Gasteiger partial charge in [0.05, 0.1) is 5.41 Å². The van der Waals surface area contributed by atoms with Crippen molar-refractivity contribution >= 4 is 17.5 Å². The van der Waals surface area contributed by atoms with Gasteiger partial charge in [-0.15, -0.1) is 0 Å². The van der Waals surface area contributed by atoms with Crippen LogP contribution in [0.3, 0.4) is 0 Å². The molecule has 0 radical (unpaired) electrons. The molecule has 7 heteroatoms. The number of carboxylic acids is 1. The van der Waals surface area contributed by atoms with E-state index in [9.17, 15) is 19.5 Å². The zero-order chi connectivity index (χ0) is 16.8. The van der Waals surface area contributed by atoms with Crippen LogP contribution in [0.4, 0.5) is 0 Å². The summed E-state index contributed by atoms with van der Waals surface area (Å²) in [5.74, 6) is -1.40.